The molecule has 2 rings (SSSR count). The van der Waals surface area contributed by atoms with Crippen LogP contribution in [0.3, 0.4) is 0 Å². The van der Waals surface area contributed by atoms with Crippen molar-refractivity contribution in [1.29, 1.82) is 0 Å². The quantitative estimate of drug-likeness (QED) is 0.862. The minimum absolute atomic E-state index is 0.0266. The van der Waals surface area contributed by atoms with E-state index in [1.54, 1.807) is 11.3 Å². The van der Waals surface area contributed by atoms with Crippen LogP contribution in [0.5, 0.6) is 0 Å². The van der Waals surface area contributed by atoms with E-state index in [1.807, 2.05) is 13.1 Å². The van der Waals surface area contributed by atoms with Gasteiger partial charge in [-0.3, -0.25) is 4.79 Å². The van der Waals surface area contributed by atoms with Crippen molar-refractivity contribution in [3.63, 3.8) is 0 Å². The van der Waals surface area contributed by atoms with E-state index in [-0.39, 0.29) is 12.0 Å². The first-order chi connectivity index (χ1) is 7.75. The van der Waals surface area contributed by atoms with E-state index in [9.17, 15) is 4.79 Å². The maximum absolute atomic E-state index is 11.6. The van der Waals surface area contributed by atoms with Gasteiger partial charge in [0.2, 0.25) is 5.91 Å². The molecule has 0 saturated carbocycles. The van der Waals surface area contributed by atoms with Crippen LogP contribution in [0.25, 0.3) is 0 Å². The highest BCUT2D eigenvalue weighted by Gasteiger charge is 2.22. The number of thiazole rings is 1. The zero-order valence-corrected chi connectivity index (χ0v) is 10.2. The summed E-state index contributed by atoms with van der Waals surface area (Å²) in [5.74, 6) is 0.0266. The Balaban J connectivity index is 1.69. The van der Waals surface area contributed by atoms with Gasteiger partial charge in [-0.25, -0.2) is 4.98 Å². The fourth-order valence-corrected chi connectivity index (χ4v) is 2.52. The summed E-state index contributed by atoms with van der Waals surface area (Å²) >= 11 is 1.68. The van der Waals surface area contributed by atoms with Crippen LogP contribution in [-0.4, -0.2) is 30.1 Å². The van der Waals surface area contributed by atoms with Crippen molar-refractivity contribution in [1.82, 2.24) is 10.3 Å². The van der Waals surface area contributed by atoms with Gasteiger partial charge in [-0.15, -0.1) is 11.3 Å². The van der Waals surface area contributed by atoms with Crippen LogP contribution in [0, 0.1) is 6.92 Å². The molecule has 1 fully saturated rings. The normalized spacial score (nSPS) is 19.9. The molecule has 88 valence electrons. The summed E-state index contributed by atoms with van der Waals surface area (Å²) < 4.78 is 5.30. The Morgan fingerprint density at radius 3 is 3.25 bits per heavy atom. The second-order valence-electron chi connectivity index (χ2n) is 3.89. The molecule has 16 heavy (non-hydrogen) atoms. The molecule has 1 aliphatic rings. The molecule has 2 heterocycles. The first-order valence-corrected chi connectivity index (χ1v) is 6.38. The molecule has 4 nitrogen and oxygen atoms in total. The lowest BCUT2D eigenvalue weighted by Crippen LogP contribution is -2.35. The molecule has 0 aliphatic carbocycles. The fraction of sp³-hybridized carbons (Fsp3) is 0.636. The molecule has 1 aliphatic heterocycles. The fourth-order valence-electron chi connectivity index (χ4n) is 1.73. The van der Waals surface area contributed by atoms with Gasteiger partial charge in [0.25, 0.3) is 0 Å². The van der Waals surface area contributed by atoms with Gasteiger partial charge in [0, 0.05) is 30.6 Å². The number of nitrogens with zero attached hydrogens (tertiary/aromatic N) is 1. The molecule has 1 N–H and O–H groups in total. The lowest BCUT2D eigenvalue weighted by atomic mass is 10.2. The van der Waals surface area contributed by atoms with Crippen molar-refractivity contribution in [3.8, 4) is 0 Å². The summed E-state index contributed by atoms with van der Waals surface area (Å²) in [5.41, 5.74) is 0. The number of amides is 1. The highest BCUT2D eigenvalue weighted by molar-refractivity contribution is 7.11. The van der Waals surface area contributed by atoms with Gasteiger partial charge in [0.1, 0.15) is 6.10 Å². The van der Waals surface area contributed by atoms with Crippen molar-refractivity contribution in [2.24, 2.45) is 0 Å². The van der Waals surface area contributed by atoms with E-state index >= 15 is 0 Å². The predicted molar refractivity (Wildman–Crippen MR) is 62.5 cm³/mol. The maximum Gasteiger partial charge on any atom is 0.249 e. The predicted octanol–water partition coefficient (Wildman–Crippen LogP) is 1.29. The Labute approximate surface area is 99.0 Å². The molecule has 5 heteroatoms. The zero-order chi connectivity index (χ0) is 11.4. The molecule has 1 saturated heterocycles. The van der Waals surface area contributed by atoms with Crippen LogP contribution in [0.4, 0.5) is 0 Å². The minimum atomic E-state index is -0.219. The Bertz CT molecular complexity index is 359. The number of carbonyl (C=O) groups is 1. The molecule has 0 bridgehead atoms. The first kappa shape index (κ1) is 11.5. The maximum atomic E-state index is 11.6. The third-order valence-corrected chi connectivity index (χ3v) is 3.53. The van der Waals surface area contributed by atoms with Crippen molar-refractivity contribution in [2.45, 2.75) is 32.3 Å². The second-order valence-corrected chi connectivity index (χ2v) is 5.21. The molecule has 1 amide bonds. The summed E-state index contributed by atoms with van der Waals surface area (Å²) in [5, 5.41) is 3.97. The van der Waals surface area contributed by atoms with Gasteiger partial charge in [-0.1, -0.05) is 0 Å². The molecule has 0 aromatic carbocycles. The molecule has 1 unspecified atom stereocenters. The van der Waals surface area contributed by atoms with E-state index in [1.165, 1.54) is 4.88 Å². The van der Waals surface area contributed by atoms with Crippen molar-refractivity contribution in [2.75, 3.05) is 13.2 Å². The summed E-state index contributed by atoms with van der Waals surface area (Å²) in [7, 11) is 0. The largest absolute Gasteiger partial charge is 0.368 e. The highest BCUT2D eigenvalue weighted by Crippen LogP contribution is 2.13. The van der Waals surface area contributed by atoms with Crippen LogP contribution < -0.4 is 5.32 Å². The van der Waals surface area contributed by atoms with Crippen LogP contribution in [0.2, 0.25) is 0 Å². The number of hydrogen-bond acceptors (Lipinski definition) is 4. The third kappa shape index (κ3) is 3.02. The molecule has 0 radical (unpaired) electrons. The van der Waals surface area contributed by atoms with Crippen molar-refractivity contribution < 1.29 is 9.53 Å². The molecular formula is C11H16N2O2S. The number of rotatable bonds is 4. The summed E-state index contributed by atoms with van der Waals surface area (Å²) in [6.07, 6.45) is 4.35. The van der Waals surface area contributed by atoms with E-state index in [4.69, 9.17) is 4.74 Å². The van der Waals surface area contributed by atoms with Gasteiger partial charge in [0.05, 0.1) is 5.01 Å². The van der Waals surface area contributed by atoms with Crippen LogP contribution in [0.1, 0.15) is 22.7 Å². The van der Waals surface area contributed by atoms with Gasteiger partial charge in [-0.2, -0.15) is 0 Å². The van der Waals surface area contributed by atoms with Crippen molar-refractivity contribution in [3.05, 3.63) is 16.1 Å². The lowest BCUT2D eigenvalue weighted by Gasteiger charge is -2.09. The standard InChI is InChI=1S/C11H16N2O2S/c1-8-13-7-9(16-8)4-5-12-11(14)10-3-2-6-15-10/h7,10H,2-6H2,1H3,(H,12,14). The number of ether oxygens (including phenoxy) is 1. The topological polar surface area (TPSA) is 51.2 Å². The van der Waals surface area contributed by atoms with Crippen molar-refractivity contribution >= 4 is 17.2 Å². The van der Waals surface area contributed by atoms with Crippen LogP contribution in [-0.2, 0) is 16.0 Å². The summed E-state index contributed by atoms with van der Waals surface area (Å²) in [4.78, 5) is 17.0. The van der Waals surface area contributed by atoms with Gasteiger partial charge >= 0.3 is 0 Å². The number of aryl methyl sites for hydroxylation is 1. The van der Waals surface area contributed by atoms with Gasteiger partial charge < -0.3 is 10.1 Å². The average Bonchev–Trinajstić information content (AvgIpc) is 2.89. The van der Waals surface area contributed by atoms with Gasteiger partial charge in [-0.05, 0) is 19.8 Å². The third-order valence-electron chi connectivity index (χ3n) is 2.56. The first-order valence-electron chi connectivity index (χ1n) is 5.56. The number of hydrogen-bond donors (Lipinski definition) is 1. The molecule has 1 atom stereocenters. The van der Waals surface area contributed by atoms with Crippen LogP contribution >= 0.6 is 11.3 Å². The van der Waals surface area contributed by atoms with E-state index in [0.29, 0.717) is 13.2 Å². The Morgan fingerprint density at radius 2 is 2.62 bits per heavy atom. The van der Waals surface area contributed by atoms with E-state index in [0.717, 1.165) is 24.3 Å². The Kier molecular flexibility index (Phi) is 3.90. The lowest BCUT2D eigenvalue weighted by molar-refractivity contribution is -0.129. The average molecular weight is 240 g/mol. The second kappa shape index (κ2) is 5.41. The monoisotopic (exact) mass is 240 g/mol. The van der Waals surface area contributed by atoms with Crippen LogP contribution in [0.15, 0.2) is 6.20 Å². The summed E-state index contributed by atoms with van der Waals surface area (Å²) in [6, 6.07) is 0. The minimum Gasteiger partial charge on any atom is -0.368 e. The van der Waals surface area contributed by atoms with E-state index in [2.05, 4.69) is 10.3 Å². The Morgan fingerprint density at radius 1 is 1.75 bits per heavy atom. The zero-order valence-electron chi connectivity index (χ0n) is 9.36. The van der Waals surface area contributed by atoms with Gasteiger partial charge in [0.15, 0.2) is 0 Å². The molecule has 0 spiro atoms. The SMILES string of the molecule is Cc1ncc(CCNC(=O)C2CCCO2)s1. The molecular weight excluding hydrogens is 224 g/mol. The summed E-state index contributed by atoms with van der Waals surface area (Å²) in [6.45, 7) is 3.37. The number of nitrogens with one attached hydrogen (secondary N) is 1. The van der Waals surface area contributed by atoms with E-state index < -0.39 is 0 Å². The number of carbonyl (C=O) groups excluding carboxylic acids is 1. The Hall–Kier alpha value is -0.940. The smallest absolute Gasteiger partial charge is 0.249 e. The molecule has 1 aromatic rings. The number of aromatic nitrogens is 1. The molecule has 1 aromatic heterocycles. The highest BCUT2D eigenvalue weighted by atomic mass is 32.1.